The van der Waals surface area contributed by atoms with Gasteiger partial charge in [0.2, 0.25) is 0 Å². The highest BCUT2D eigenvalue weighted by molar-refractivity contribution is 6.42. The van der Waals surface area contributed by atoms with Gasteiger partial charge in [0.1, 0.15) is 0 Å². The van der Waals surface area contributed by atoms with Crippen LogP contribution < -0.4 is 5.56 Å². The summed E-state index contributed by atoms with van der Waals surface area (Å²) in [5, 5.41) is 1.71. The summed E-state index contributed by atoms with van der Waals surface area (Å²) < 4.78 is 3.63. The van der Waals surface area contributed by atoms with Gasteiger partial charge in [-0.15, -0.1) is 6.58 Å². The summed E-state index contributed by atoms with van der Waals surface area (Å²) in [6.07, 6.45) is 2.51. The number of halogens is 2. The zero-order valence-electron chi connectivity index (χ0n) is 12.7. The van der Waals surface area contributed by atoms with Gasteiger partial charge in [0.15, 0.2) is 0 Å². The van der Waals surface area contributed by atoms with Crippen LogP contribution in [0.5, 0.6) is 0 Å². The zero-order chi connectivity index (χ0) is 16.6. The van der Waals surface area contributed by atoms with Gasteiger partial charge in [0.25, 0.3) is 5.56 Å². The van der Waals surface area contributed by atoms with Gasteiger partial charge in [-0.3, -0.25) is 14.2 Å². The third kappa shape index (κ3) is 2.71. The second-order valence-electron chi connectivity index (χ2n) is 5.40. The molecule has 1 atom stereocenters. The molecule has 118 valence electrons. The van der Waals surface area contributed by atoms with Gasteiger partial charge in [-0.25, -0.2) is 0 Å². The van der Waals surface area contributed by atoms with E-state index in [-0.39, 0.29) is 11.6 Å². The maximum atomic E-state index is 12.5. The maximum Gasteiger partial charge on any atom is 0.274 e. The highest BCUT2D eigenvalue weighted by Crippen LogP contribution is 2.31. The first kappa shape index (κ1) is 15.9. The van der Waals surface area contributed by atoms with Gasteiger partial charge in [-0.05, 0) is 36.2 Å². The topological polar surface area (TPSA) is 26.9 Å². The van der Waals surface area contributed by atoms with E-state index >= 15 is 0 Å². The Kier molecular flexibility index (Phi) is 4.33. The number of allylic oxidation sites excluding steroid dienone is 1. The largest absolute Gasteiger partial charge is 0.274 e. The van der Waals surface area contributed by atoms with Crippen molar-refractivity contribution in [1.29, 1.82) is 0 Å². The SMILES string of the molecule is C=CCC(c1ccc(Cl)c(Cl)c1)n1c2ccccc2c(=O)n1C. The third-order valence-corrected chi connectivity index (χ3v) is 4.75. The van der Waals surface area contributed by atoms with Crippen LogP contribution in [-0.2, 0) is 7.05 Å². The van der Waals surface area contributed by atoms with Gasteiger partial charge in [0, 0.05) is 7.05 Å². The molecule has 0 bridgehead atoms. The number of para-hydroxylation sites is 1. The van der Waals surface area contributed by atoms with Gasteiger partial charge >= 0.3 is 0 Å². The van der Waals surface area contributed by atoms with E-state index in [1.165, 1.54) is 0 Å². The molecule has 0 fully saturated rings. The standard InChI is InChI=1S/C18H16Cl2N2O/c1-3-6-16(12-9-10-14(19)15(20)11-12)22-17-8-5-4-7-13(17)18(23)21(22)2/h3-5,7-11,16H,1,6H2,2H3. The lowest BCUT2D eigenvalue weighted by Gasteiger charge is -2.22. The van der Waals surface area contributed by atoms with Crippen LogP contribution in [0.2, 0.25) is 10.0 Å². The van der Waals surface area contributed by atoms with Crippen LogP contribution >= 0.6 is 23.2 Å². The summed E-state index contributed by atoms with van der Waals surface area (Å²) in [6.45, 7) is 3.85. The van der Waals surface area contributed by atoms with Gasteiger partial charge in [-0.2, -0.15) is 0 Å². The lowest BCUT2D eigenvalue weighted by atomic mass is 10.0. The second-order valence-corrected chi connectivity index (χ2v) is 6.22. The van der Waals surface area contributed by atoms with Crippen LogP contribution in [0.1, 0.15) is 18.0 Å². The molecule has 3 nitrogen and oxygen atoms in total. The minimum absolute atomic E-state index is 0.0188. The number of benzene rings is 2. The first-order valence-electron chi connectivity index (χ1n) is 7.26. The fourth-order valence-corrected chi connectivity index (χ4v) is 3.23. The Morgan fingerprint density at radius 1 is 1.17 bits per heavy atom. The highest BCUT2D eigenvalue weighted by atomic mass is 35.5. The molecular weight excluding hydrogens is 331 g/mol. The highest BCUT2D eigenvalue weighted by Gasteiger charge is 2.20. The van der Waals surface area contributed by atoms with Crippen LogP contribution in [0.4, 0.5) is 0 Å². The molecule has 0 amide bonds. The summed E-state index contributed by atoms with van der Waals surface area (Å²) in [5.41, 5.74) is 1.85. The summed E-state index contributed by atoms with van der Waals surface area (Å²) in [4.78, 5) is 12.5. The number of hydrogen-bond acceptors (Lipinski definition) is 1. The molecule has 1 aromatic heterocycles. The molecule has 0 radical (unpaired) electrons. The van der Waals surface area contributed by atoms with E-state index in [0.717, 1.165) is 11.1 Å². The van der Waals surface area contributed by atoms with E-state index < -0.39 is 0 Å². The summed E-state index contributed by atoms with van der Waals surface area (Å²) in [5.74, 6) is 0. The molecule has 0 aliphatic carbocycles. The Morgan fingerprint density at radius 3 is 2.61 bits per heavy atom. The molecule has 0 aliphatic rings. The number of hydrogen-bond donors (Lipinski definition) is 0. The molecule has 23 heavy (non-hydrogen) atoms. The molecule has 0 N–H and O–H groups in total. The molecule has 3 rings (SSSR count). The lowest BCUT2D eigenvalue weighted by molar-refractivity contribution is 0.457. The first-order valence-corrected chi connectivity index (χ1v) is 8.02. The molecule has 1 heterocycles. The Bertz CT molecular complexity index is 940. The van der Waals surface area contributed by atoms with Crippen LogP contribution in [0.15, 0.2) is 59.9 Å². The van der Waals surface area contributed by atoms with Crippen molar-refractivity contribution in [2.45, 2.75) is 12.5 Å². The molecule has 5 heteroatoms. The van der Waals surface area contributed by atoms with Crippen molar-refractivity contribution in [3.8, 4) is 0 Å². The molecule has 2 aromatic carbocycles. The third-order valence-electron chi connectivity index (χ3n) is 4.01. The van der Waals surface area contributed by atoms with Gasteiger partial charge < -0.3 is 0 Å². The van der Waals surface area contributed by atoms with Gasteiger partial charge in [0.05, 0.1) is 27.0 Å². The molecule has 3 aromatic rings. The van der Waals surface area contributed by atoms with Crippen LogP contribution in [0, 0.1) is 0 Å². The average Bonchev–Trinajstić information content (AvgIpc) is 2.80. The summed E-state index contributed by atoms with van der Waals surface area (Å²) in [7, 11) is 1.77. The maximum absolute atomic E-state index is 12.5. The van der Waals surface area contributed by atoms with E-state index in [4.69, 9.17) is 23.2 Å². The van der Waals surface area contributed by atoms with E-state index in [1.54, 1.807) is 17.8 Å². The molecule has 1 unspecified atom stereocenters. The van der Waals surface area contributed by atoms with Crippen LogP contribution in [-0.4, -0.2) is 9.36 Å². The molecule has 0 saturated heterocycles. The van der Waals surface area contributed by atoms with Gasteiger partial charge in [-0.1, -0.05) is 47.5 Å². The Labute approximate surface area is 144 Å². The number of rotatable bonds is 4. The van der Waals surface area contributed by atoms with E-state index in [2.05, 4.69) is 6.58 Å². The van der Waals surface area contributed by atoms with Crippen molar-refractivity contribution in [1.82, 2.24) is 9.36 Å². The smallest absolute Gasteiger partial charge is 0.274 e. The Hall–Kier alpha value is -1.97. The summed E-state index contributed by atoms with van der Waals surface area (Å²) in [6, 6.07) is 13.1. The van der Waals surface area contributed by atoms with E-state index in [0.29, 0.717) is 21.9 Å². The van der Waals surface area contributed by atoms with Crippen molar-refractivity contribution in [3.05, 3.63) is 81.1 Å². The fourth-order valence-electron chi connectivity index (χ4n) is 2.92. The zero-order valence-corrected chi connectivity index (χ0v) is 14.2. The quantitative estimate of drug-likeness (QED) is 0.622. The lowest BCUT2D eigenvalue weighted by Crippen LogP contribution is -2.23. The van der Waals surface area contributed by atoms with E-state index in [1.807, 2.05) is 47.2 Å². The normalized spacial score (nSPS) is 12.5. The predicted molar refractivity (Wildman–Crippen MR) is 96.6 cm³/mol. The molecule has 0 aliphatic heterocycles. The summed E-state index contributed by atoms with van der Waals surface area (Å²) >= 11 is 12.2. The van der Waals surface area contributed by atoms with Crippen molar-refractivity contribution in [2.24, 2.45) is 7.05 Å². The first-order chi connectivity index (χ1) is 11.0. The number of fused-ring (bicyclic) bond motifs is 1. The molecular formula is C18H16Cl2N2O. The van der Waals surface area contributed by atoms with Crippen molar-refractivity contribution in [2.75, 3.05) is 0 Å². The van der Waals surface area contributed by atoms with Crippen molar-refractivity contribution >= 4 is 34.1 Å². The Balaban J connectivity index is 2.27. The number of nitrogens with zero attached hydrogens (tertiary/aromatic N) is 2. The second kappa shape index (κ2) is 6.26. The minimum Gasteiger partial charge on any atom is -0.274 e. The molecule has 0 spiro atoms. The molecule has 0 saturated carbocycles. The van der Waals surface area contributed by atoms with E-state index in [9.17, 15) is 4.79 Å². The average molecular weight is 347 g/mol. The van der Waals surface area contributed by atoms with Crippen molar-refractivity contribution in [3.63, 3.8) is 0 Å². The number of aromatic nitrogens is 2. The van der Waals surface area contributed by atoms with Crippen molar-refractivity contribution < 1.29 is 0 Å². The minimum atomic E-state index is -0.0835. The van der Waals surface area contributed by atoms with Crippen LogP contribution in [0.25, 0.3) is 10.9 Å². The fraction of sp³-hybridized carbons (Fsp3) is 0.167. The predicted octanol–water partition coefficient (Wildman–Crippen LogP) is 4.81. The monoisotopic (exact) mass is 346 g/mol. The van der Waals surface area contributed by atoms with Crippen LogP contribution in [0.3, 0.4) is 0 Å². The Morgan fingerprint density at radius 2 is 1.91 bits per heavy atom.